The van der Waals surface area contributed by atoms with Crippen molar-refractivity contribution in [2.24, 2.45) is 10.6 Å². The fourth-order valence-electron chi connectivity index (χ4n) is 1.07. The van der Waals surface area contributed by atoms with Gasteiger partial charge in [-0.3, -0.25) is 0 Å². The number of rotatable bonds is 2. The van der Waals surface area contributed by atoms with Crippen LogP contribution in [0.3, 0.4) is 0 Å². The molecule has 0 fully saturated rings. The molecular weight excluding hydrogens is 150 g/mol. The summed E-state index contributed by atoms with van der Waals surface area (Å²) in [6, 6.07) is 0. The Morgan fingerprint density at radius 1 is 1.50 bits per heavy atom. The third kappa shape index (κ3) is 3.07. The molecule has 0 aliphatic carbocycles. The van der Waals surface area contributed by atoms with Crippen molar-refractivity contribution < 1.29 is 4.84 Å². The van der Waals surface area contributed by atoms with Gasteiger partial charge in [0.05, 0.1) is 5.71 Å². The van der Waals surface area contributed by atoms with E-state index in [1.54, 1.807) is 0 Å². The van der Waals surface area contributed by atoms with E-state index in [9.17, 15) is 0 Å². The first-order valence-corrected chi connectivity index (χ1v) is 4.38. The van der Waals surface area contributed by atoms with Gasteiger partial charge in [0.1, 0.15) is 5.76 Å². The summed E-state index contributed by atoms with van der Waals surface area (Å²) >= 11 is 0. The first-order chi connectivity index (χ1) is 5.47. The van der Waals surface area contributed by atoms with Gasteiger partial charge in [0.25, 0.3) is 0 Å². The highest BCUT2D eigenvalue weighted by atomic mass is 16.6. The van der Waals surface area contributed by atoms with Crippen molar-refractivity contribution in [1.29, 1.82) is 0 Å². The van der Waals surface area contributed by atoms with Crippen LogP contribution in [0.1, 0.15) is 40.0 Å². The second-order valence-corrected chi connectivity index (χ2v) is 4.52. The second kappa shape index (κ2) is 3.30. The van der Waals surface area contributed by atoms with Crippen LogP contribution in [0.5, 0.6) is 0 Å². The molecule has 68 valence electrons. The van der Waals surface area contributed by atoms with E-state index in [1.807, 2.05) is 0 Å². The standard InChI is InChI=1S/C10H17NO/c1-8-7-9(11-12-8)5-6-10(2,3)4/h1,5-7H2,2-4H3. The molecule has 0 N–H and O–H groups in total. The van der Waals surface area contributed by atoms with Crippen LogP contribution in [0.2, 0.25) is 0 Å². The van der Waals surface area contributed by atoms with E-state index in [0.29, 0.717) is 5.41 Å². The average molecular weight is 167 g/mol. The normalized spacial score (nSPS) is 17.6. The number of allylic oxidation sites excluding steroid dienone is 1. The van der Waals surface area contributed by atoms with Crippen LogP contribution in [0.15, 0.2) is 17.5 Å². The van der Waals surface area contributed by atoms with Crippen LogP contribution < -0.4 is 0 Å². The van der Waals surface area contributed by atoms with E-state index in [-0.39, 0.29) is 0 Å². The maximum absolute atomic E-state index is 4.92. The SMILES string of the molecule is C=C1CC(CCC(C)(C)C)=NO1. The van der Waals surface area contributed by atoms with Crippen molar-refractivity contribution in [2.75, 3.05) is 0 Å². The van der Waals surface area contributed by atoms with Gasteiger partial charge < -0.3 is 4.84 Å². The van der Waals surface area contributed by atoms with Gasteiger partial charge >= 0.3 is 0 Å². The highest BCUT2D eigenvalue weighted by molar-refractivity contribution is 5.87. The van der Waals surface area contributed by atoms with Crippen LogP contribution in [0.4, 0.5) is 0 Å². The molecule has 0 aromatic heterocycles. The highest BCUT2D eigenvalue weighted by Gasteiger charge is 2.16. The Kier molecular flexibility index (Phi) is 2.55. The number of oxime groups is 1. The van der Waals surface area contributed by atoms with E-state index in [1.165, 1.54) is 0 Å². The van der Waals surface area contributed by atoms with Gasteiger partial charge in [-0.1, -0.05) is 32.5 Å². The summed E-state index contributed by atoms with van der Waals surface area (Å²) < 4.78 is 0. The predicted molar refractivity (Wildman–Crippen MR) is 51.0 cm³/mol. The first kappa shape index (κ1) is 9.30. The van der Waals surface area contributed by atoms with Gasteiger partial charge in [-0.05, 0) is 18.3 Å². The predicted octanol–water partition coefficient (Wildman–Crippen LogP) is 3.10. The molecular formula is C10H17NO. The summed E-state index contributed by atoms with van der Waals surface area (Å²) in [6.45, 7) is 10.4. The zero-order valence-corrected chi connectivity index (χ0v) is 8.18. The van der Waals surface area contributed by atoms with Gasteiger partial charge in [-0.15, -0.1) is 0 Å². The summed E-state index contributed by atoms with van der Waals surface area (Å²) in [4.78, 5) is 4.92. The van der Waals surface area contributed by atoms with Crippen molar-refractivity contribution in [2.45, 2.75) is 40.0 Å². The monoisotopic (exact) mass is 167 g/mol. The first-order valence-electron chi connectivity index (χ1n) is 4.38. The minimum absolute atomic E-state index is 0.381. The smallest absolute Gasteiger partial charge is 0.133 e. The van der Waals surface area contributed by atoms with E-state index >= 15 is 0 Å². The molecule has 2 heteroatoms. The van der Waals surface area contributed by atoms with Gasteiger partial charge in [-0.2, -0.15) is 0 Å². The lowest BCUT2D eigenvalue weighted by atomic mass is 9.89. The van der Waals surface area contributed by atoms with Gasteiger partial charge in [0.15, 0.2) is 0 Å². The summed E-state index contributed by atoms with van der Waals surface area (Å²) in [7, 11) is 0. The van der Waals surface area contributed by atoms with E-state index in [2.05, 4.69) is 32.5 Å². The molecule has 0 saturated heterocycles. The molecule has 1 aliphatic rings. The zero-order valence-electron chi connectivity index (χ0n) is 8.18. The van der Waals surface area contributed by atoms with Crippen LogP contribution in [0.25, 0.3) is 0 Å². The van der Waals surface area contributed by atoms with Gasteiger partial charge in [0.2, 0.25) is 0 Å². The Bertz CT molecular complexity index is 210. The molecule has 12 heavy (non-hydrogen) atoms. The quantitative estimate of drug-likeness (QED) is 0.619. The molecule has 0 spiro atoms. The van der Waals surface area contributed by atoms with E-state index in [4.69, 9.17) is 4.84 Å². The molecule has 0 aromatic carbocycles. The van der Waals surface area contributed by atoms with E-state index < -0.39 is 0 Å². The third-order valence-electron chi connectivity index (χ3n) is 1.87. The van der Waals surface area contributed by atoms with E-state index in [0.717, 1.165) is 30.7 Å². The Labute approximate surface area is 74.3 Å². The van der Waals surface area contributed by atoms with Crippen molar-refractivity contribution in [1.82, 2.24) is 0 Å². The molecule has 0 unspecified atom stereocenters. The van der Waals surface area contributed by atoms with Crippen molar-refractivity contribution >= 4 is 5.71 Å². The van der Waals surface area contributed by atoms with Crippen molar-refractivity contribution in [3.8, 4) is 0 Å². The van der Waals surface area contributed by atoms with Crippen molar-refractivity contribution in [3.63, 3.8) is 0 Å². The largest absolute Gasteiger partial charge is 0.362 e. The molecule has 1 heterocycles. The molecule has 0 atom stereocenters. The van der Waals surface area contributed by atoms with Crippen molar-refractivity contribution in [3.05, 3.63) is 12.3 Å². The average Bonchev–Trinajstić information content (AvgIpc) is 2.30. The summed E-state index contributed by atoms with van der Waals surface area (Å²) in [5.41, 5.74) is 1.52. The lowest BCUT2D eigenvalue weighted by Crippen LogP contribution is -2.07. The highest BCUT2D eigenvalue weighted by Crippen LogP contribution is 2.24. The minimum Gasteiger partial charge on any atom is -0.362 e. The molecule has 0 radical (unpaired) electrons. The molecule has 0 amide bonds. The Balaban J connectivity index is 2.30. The zero-order chi connectivity index (χ0) is 9.19. The Hall–Kier alpha value is -0.790. The Morgan fingerprint density at radius 2 is 2.17 bits per heavy atom. The fourth-order valence-corrected chi connectivity index (χ4v) is 1.07. The maximum atomic E-state index is 4.92. The molecule has 0 aromatic rings. The van der Waals surface area contributed by atoms with Crippen LogP contribution in [-0.2, 0) is 4.84 Å². The summed E-state index contributed by atoms with van der Waals surface area (Å²) in [6.07, 6.45) is 3.01. The lowest BCUT2D eigenvalue weighted by Gasteiger charge is -2.16. The maximum Gasteiger partial charge on any atom is 0.133 e. The number of hydrogen-bond acceptors (Lipinski definition) is 2. The molecule has 1 aliphatic heterocycles. The minimum atomic E-state index is 0.381. The summed E-state index contributed by atoms with van der Waals surface area (Å²) in [5, 5.41) is 3.94. The molecule has 1 rings (SSSR count). The molecule has 0 saturated carbocycles. The lowest BCUT2D eigenvalue weighted by molar-refractivity contribution is 0.246. The van der Waals surface area contributed by atoms with Crippen LogP contribution in [-0.4, -0.2) is 5.71 Å². The fraction of sp³-hybridized carbons (Fsp3) is 0.700. The number of hydrogen-bond donors (Lipinski definition) is 0. The Morgan fingerprint density at radius 3 is 2.58 bits per heavy atom. The third-order valence-corrected chi connectivity index (χ3v) is 1.87. The molecule has 0 bridgehead atoms. The molecule has 2 nitrogen and oxygen atoms in total. The van der Waals surface area contributed by atoms with Crippen LogP contribution >= 0.6 is 0 Å². The van der Waals surface area contributed by atoms with Crippen LogP contribution in [0, 0.1) is 5.41 Å². The summed E-state index contributed by atoms with van der Waals surface area (Å²) in [5.74, 6) is 0.777. The topological polar surface area (TPSA) is 21.6 Å². The number of nitrogens with zero attached hydrogens (tertiary/aromatic N) is 1. The van der Waals surface area contributed by atoms with Gasteiger partial charge in [-0.25, -0.2) is 0 Å². The second-order valence-electron chi connectivity index (χ2n) is 4.52. The van der Waals surface area contributed by atoms with Gasteiger partial charge in [0, 0.05) is 6.42 Å².